The van der Waals surface area contributed by atoms with Crippen molar-refractivity contribution in [3.05, 3.63) is 35.4 Å². The zero-order valence-electron chi connectivity index (χ0n) is 13.4. The summed E-state index contributed by atoms with van der Waals surface area (Å²) in [6.45, 7) is 2.84. The highest BCUT2D eigenvalue weighted by Gasteiger charge is 2.35. The van der Waals surface area contributed by atoms with Crippen molar-refractivity contribution in [2.45, 2.75) is 43.7 Å². The second-order valence-electron chi connectivity index (χ2n) is 6.77. The molecule has 1 heterocycles. The van der Waals surface area contributed by atoms with Gasteiger partial charge in [-0.25, -0.2) is 0 Å². The average Bonchev–Trinajstić information content (AvgIpc) is 2.98. The number of hydrogen-bond acceptors (Lipinski definition) is 3. The molecule has 0 saturated heterocycles. The molecule has 0 radical (unpaired) electrons. The molecule has 1 fully saturated rings. The van der Waals surface area contributed by atoms with Crippen molar-refractivity contribution in [1.82, 2.24) is 10.2 Å². The highest BCUT2D eigenvalue weighted by atomic mass is 16.5. The van der Waals surface area contributed by atoms with Gasteiger partial charge in [-0.3, -0.25) is 0 Å². The van der Waals surface area contributed by atoms with E-state index >= 15 is 0 Å². The smallest absolute Gasteiger partial charge is 0.0952 e. The molecule has 3 nitrogen and oxygen atoms in total. The van der Waals surface area contributed by atoms with Crippen LogP contribution < -0.4 is 5.32 Å². The predicted molar refractivity (Wildman–Crippen MR) is 86.6 cm³/mol. The Balaban J connectivity index is 1.59. The summed E-state index contributed by atoms with van der Waals surface area (Å²) in [6, 6.07) is 8.72. The molecule has 1 aromatic carbocycles. The molecule has 116 valence electrons. The van der Waals surface area contributed by atoms with Crippen molar-refractivity contribution in [2.75, 3.05) is 33.8 Å². The Kier molecular flexibility index (Phi) is 4.63. The highest BCUT2D eigenvalue weighted by molar-refractivity contribution is 5.31. The molecule has 0 bridgehead atoms. The third kappa shape index (κ3) is 3.15. The summed E-state index contributed by atoms with van der Waals surface area (Å²) in [5.41, 5.74) is 3.19. The van der Waals surface area contributed by atoms with Gasteiger partial charge < -0.3 is 15.0 Å². The van der Waals surface area contributed by atoms with Crippen LogP contribution in [0.4, 0.5) is 0 Å². The largest absolute Gasteiger partial charge is 0.372 e. The zero-order chi connectivity index (χ0) is 14.7. The minimum Gasteiger partial charge on any atom is -0.372 e. The van der Waals surface area contributed by atoms with Crippen LogP contribution in [0.3, 0.4) is 0 Å². The van der Waals surface area contributed by atoms with E-state index in [9.17, 15) is 0 Å². The van der Waals surface area contributed by atoms with Gasteiger partial charge in [0.1, 0.15) is 0 Å². The van der Waals surface area contributed by atoms with E-state index in [1.54, 1.807) is 0 Å². The summed E-state index contributed by atoms with van der Waals surface area (Å²) in [5, 5.41) is 3.69. The molecule has 1 N–H and O–H groups in total. The van der Waals surface area contributed by atoms with E-state index in [2.05, 4.69) is 48.6 Å². The Morgan fingerprint density at radius 1 is 1.24 bits per heavy atom. The number of nitrogens with one attached hydrogen (secondary N) is 1. The van der Waals surface area contributed by atoms with E-state index in [-0.39, 0.29) is 6.10 Å². The van der Waals surface area contributed by atoms with E-state index < -0.39 is 0 Å². The van der Waals surface area contributed by atoms with Gasteiger partial charge in [-0.2, -0.15) is 0 Å². The first kappa shape index (κ1) is 15.0. The fourth-order valence-electron chi connectivity index (χ4n) is 3.90. The molecule has 0 aromatic heterocycles. The van der Waals surface area contributed by atoms with Crippen molar-refractivity contribution in [3.8, 4) is 0 Å². The van der Waals surface area contributed by atoms with Crippen LogP contribution in [-0.4, -0.2) is 44.2 Å². The molecular formula is C18H28N2O. The molecule has 0 amide bonds. The molecule has 3 heteroatoms. The molecule has 3 rings (SSSR count). The van der Waals surface area contributed by atoms with Gasteiger partial charge in [0.15, 0.2) is 0 Å². The first-order chi connectivity index (χ1) is 10.2. The number of ether oxygens (including phenoxy) is 1. The molecule has 1 aliphatic heterocycles. The van der Waals surface area contributed by atoms with Crippen LogP contribution in [0.2, 0.25) is 0 Å². The topological polar surface area (TPSA) is 24.5 Å². The molecule has 21 heavy (non-hydrogen) atoms. The third-order valence-corrected chi connectivity index (χ3v) is 5.36. The maximum absolute atomic E-state index is 5.99. The van der Waals surface area contributed by atoms with Gasteiger partial charge >= 0.3 is 0 Å². The lowest BCUT2D eigenvalue weighted by Gasteiger charge is -2.37. The standard InChI is InChI=1S/C18H28N2O/c1-20(2)18(10-5-6-11-18)14-19-13-17-16-8-4-3-7-15(16)9-12-21-17/h3-4,7-8,17,19H,5-6,9-14H2,1-2H3. The van der Waals surface area contributed by atoms with Crippen LogP contribution in [0, 0.1) is 0 Å². The first-order valence-corrected chi connectivity index (χ1v) is 8.29. The molecule has 1 aromatic rings. The predicted octanol–water partition coefficient (Wildman–Crippen LogP) is 2.76. The number of fused-ring (bicyclic) bond motifs is 1. The number of rotatable bonds is 5. The molecule has 1 saturated carbocycles. The van der Waals surface area contributed by atoms with Gasteiger partial charge in [0, 0.05) is 18.6 Å². The number of benzene rings is 1. The lowest BCUT2D eigenvalue weighted by atomic mass is 9.95. The van der Waals surface area contributed by atoms with Crippen LogP contribution in [0.25, 0.3) is 0 Å². The minimum absolute atomic E-state index is 0.218. The number of nitrogens with zero attached hydrogens (tertiary/aromatic N) is 1. The maximum Gasteiger partial charge on any atom is 0.0952 e. The fraction of sp³-hybridized carbons (Fsp3) is 0.667. The van der Waals surface area contributed by atoms with Crippen LogP contribution in [-0.2, 0) is 11.2 Å². The normalized spacial score (nSPS) is 24.2. The second-order valence-corrected chi connectivity index (χ2v) is 6.77. The molecule has 1 unspecified atom stereocenters. The van der Waals surface area contributed by atoms with Crippen LogP contribution in [0.5, 0.6) is 0 Å². The van der Waals surface area contributed by atoms with Gasteiger partial charge in [-0.05, 0) is 44.5 Å². The second kappa shape index (κ2) is 6.47. The number of likely N-dealkylation sites (N-methyl/N-ethyl adjacent to an activating group) is 1. The summed E-state index contributed by atoms with van der Waals surface area (Å²) in [7, 11) is 4.44. The molecule has 0 spiro atoms. The quantitative estimate of drug-likeness (QED) is 0.901. The summed E-state index contributed by atoms with van der Waals surface area (Å²) in [4.78, 5) is 2.42. The third-order valence-electron chi connectivity index (χ3n) is 5.36. The van der Waals surface area contributed by atoms with Gasteiger partial charge in [0.25, 0.3) is 0 Å². The Hall–Kier alpha value is -0.900. The van der Waals surface area contributed by atoms with Crippen molar-refractivity contribution in [2.24, 2.45) is 0 Å². The molecule has 2 aliphatic rings. The van der Waals surface area contributed by atoms with Crippen molar-refractivity contribution < 1.29 is 4.74 Å². The van der Waals surface area contributed by atoms with Gasteiger partial charge in [-0.1, -0.05) is 37.1 Å². The Bertz CT molecular complexity index is 466. The zero-order valence-corrected chi connectivity index (χ0v) is 13.4. The summed E-state index contributed by atoms with van der Waals surface area (Å²) < 4.78 is 5.99. The van der Waals surface area contributed by atoms with E-state index in [0.717, 1.165) is 26.1 Å². The highest BCUT2D eigenvalue weighted by Crippen LogP contribution is 2.33. The van der Waals surface area contributed by atoms with E-state index in [1.807, 2.05) is 0 Å². The fourth-order valence-corrected chi connectivity index (χ4v) is 3.90. The summed E-state index contributed by atoms with van der Waals surface area (Å²) in [6.07, 6.45) is 6.62. The molecular weight excluding hydrogens is 260 g/mol. The SMILES string of the molecule is CN(C)C1(CNCC2OCCc3ccccc32)CCCC1. The van der Waals surface area contributed by atoms with E-state index in [1.165, 1.54) is 36.8 Å². The Morgan fingerprint density at radius 3 is 2.76 bits per heavy atom. The number of hydrogen-bond donors (Lipinski definition) is 1. The maximum atomic E-state index is 5.99. The summed E-state index contributed by atoms with van der Waals surface area (Å²) in [5.74, 6) is 0. The van der Waals surface area contributed by atoms with Gasteiger partial charge in [-0.15, -0.1) is 0 Å². The lowest BCUT2D eigenvalue weighted by Crippen LogP contribution is -2.50. The van der Waals surface area contributed by atoms with Crippen LogP contribution in [0.1, 0.15) is 42.9 Å². The Morgan fingerprint density at radius 2 is 2.00 bits per heavy atom. The monoisotopic (exact) mass is 288 g/mol. The van der Waals surface area contributed by atoms with Crippen molar-refractivity contribution in [1.29, 1.82) is 0 Å². The van der Waals surface area contributed by atoms with Crippen LogP contribution in [0.15, 0.2) is 24.3 Å². The molecule has 1 atom stereocenters. The first-order valence-electron chi connectivity index (χ1n) is 8.29. The molecule has 1 aliphatic carbocycles. The van der Waals surface area contributed by atoms with Crippen LogP contribution >= 0.6 is 0 Å². The van der Waals surface area contributed by atoms with E-state index in [4.69, 9.17) is 4.74 Å². The van der Waals surface area contributed by atoms with Gasteiger partial charge in [0.2, 0.25) is 0 Å². The van der Waals surface area contributed by atoms with Gasteiger partial charge in [0.05, 0.1) is 12.7 Å². The average molecular weight is 288 g/mol. The van der Waals surface area contributed by atoms with Crippen molar-refractivity contribution in [3.63, 3.8) is 0 Å². The Labute approximate surface area is 128 Å². The lowest BCUT2D eigenvalue weighted by molar-refractivity contribution is 0.0389. The van der Waals surface area contributed by atoms with Crippen molar-refractivity contribution >= 4 is 0 Å². The van der Waals surface area contributed by atoms with E-state index in [0.29, 0.717) is 5.54 Å². The minimum atomic E-state index is 0.218. The summed E-state index contributed by atoms with van der Waals surface area (Å²) >= 11 is 0.